The van der Waals surface area contributed by atoms with Crippen molar-refractivity contribution in [1.29, 1.82) is 0 Å². The van der Waals surface area contributed by atoms with E-state index in [0.29, 0.717) is 0 Å². The fourth-order valence-corrected chi connectivity index (χ4v) is 2.75. The molecule has 2 heterocycles. The van der Waals surface area contributed by atoms with Crippen LogP contribution >= 0.6 is 0 Å². The number of nitrogens with zero attached hydrogens (tertiary/aromatic N) is 2. The van der Waals surface area contributed by atoms with Crippen molar-refractivity contribution in [2.24, 2.45) is 7.05 Å². The van der Waals surface area contributed by atoms with Crippen molar-refractivity contribution in [3.8, 4) is 0 Å². The number of aryl methyl sites for hydroxylation is 3. The van der Waals surface area contributed by atoms with Gasteiger partial charge in [-0.2, -0.15) is 5.10 Å². The van der Waals surface area contributed by atoms with Crippen LogP contribution in [0, 0.1) is 13.8 Å². The normalized spacial score (nSPS) is 13.7. The molecule has 1 N–H and O–H groups in total. The minimum absolute atomic E-state index is 0.0592. The highest BCUT2D eigenvalue weighted by Crippen LogP contribution is 2.25. The highest BCUT2D eigenvalue weighted by molar-refractivity contribution is 5.26. The number of rotatable bonds is 4. The van der Waals surface area contributed by atoms with Crippen LogP contribution in [0.4, 0.5) is 0 Å². The van der Waals surface area contributed by atoms with Gasteiger partial charge < -0.3 is 9.73 Å². The number of furan rings is 1. The lowest BCUT2D eigenvalue weighted by Gasteiger charge is -2.19. The second-order valence-corrected chi connectivity index (χ2v) is 6.90. The maximum absolute atomic E-state index is 5.61. The van der Waals surface area contributed by atoms with Gasteiger partial charge in [0.2, 0.25) is 0 Å². The van der Waals surface area contributed by atoms with E-state index in [-0.39, 0.29) is 11.5 Å². The molecule has 0 spiro atoms. The molecule has 4 nitrogen and oxygen atoms in total. The number of hydrogen-bond acceptors (Lipinski definition) is 3. The molecular formula is C17H27N3O. The Labute approximate surface area is 127 Å². The summed E-state index contributed by atoms with van der Waals surface area (Å²) in [5.41, 5.74) is 3.71. The van der Waals surface area contributed by atoms with Crippen molar-refractivity contribution in [2.75, 3.05) is 0 Å². The Bertz CT molecular complexity index is 617. The van der Waals surface area contributed by atoms with E-state index in [9.17, 15) is 0 Å². The predicted octanol–water partition coefficient (Wildman–Crippen LogP) is 3.78. The SMILES string of the molecule is Cc1cc(C(C)NCc2cn(C)nc2C(C)(C)C)c(C)o1. The van der Waals surface area contributed by atoms with Crippen LogP contribution in [0.2, 0.25) is 0 Å². The predicted molar refractivity (Wildman–Crippen MR) is 85.3 cm³/mol. The minimum Gasteiger partial charge on any atom is -0.466 e. The molecule has 0 saturated carbocycles. The van der Waals surface area contributed by atoms with Gasteiger partial charge in [-0.3, -0.25) is 4.68 Å². The Balaban J connectivity index is 2.12. The van der Waals surface area contributed by atoms with Crippen molar-refractivity contribution in [3.05, 3.63) is 40.6 Å². The van der Waals surface area contributed by atoms with E-state index in [0.717, 1.165) is 23.8 Å². The molecule has 0 amide bonds. The first kappa shape index (κ1) is 15.8. The Morgan fingerprint density at radius 1 is 1.33 bits per heavy atom. The first-order chi connectivity index (χ1) is 9.68. The second-order valence-electron chi connectivity index (χ2n) is 6.90. The topological polar surface area (TPSA) is 43.0 Å². The summed E-state index contributed by atoms with van der Waals surface area (Å²) in [7, 11) is 1.98. The van der Waals surface area contributed by atoms with E-state index in [4.69, 9.17) is 4.42 Å². The van der Waals surface area contributed by atoms with Gasteiger partial charge in [0.15, 0.2) is 0 Å². The van der Waals surface area contributed by atoms with Gasteiger partial charge in [0, 0.05) is 42.4 Å². The van der Waals surface area contributed by atoms with Crippen molar-refractivity contribution in [2.45, 2.75) is 59.5 Å². The van der Waals surface area contributed by atoms with Crippen LogP contribution in [-0.2, 0) is 19.0 Å². The van der Waals surface area contributed by atoms with Gasteiger partial charge in [-0.15, -0.1) is 0 Å². The summed E-state index contributed by atoms with van der Waals surface area (Å²) in [6.45, 7) is 13.6. The molecule has 4 heteroatoms. The lowest BCUT2D eigenvalue weighted by molar-refractivity contribution is 0.488. The van der Waals surface area contributed by atoms with Crippen LogP contribution < -0.4 is 5.32 Å². The molecule has 0 bridgehead atoms. The molecule has 1 atom stereocenters. The van der Waals surface area contributed by atoms with Crippen molar-refractivity contribution < 1.29 is 4.42 Å². The lowest BCUT2D eigenvalue weighted by atomic mass is 9.89. The average molecular weight is 289 g/mol. The first-order valence-electron chi connectivity index (χ1n) is 7.52. The molecule has 0 aliphatic heterocycles. The van der Waals surface area contributed by atoms with Crippen molar-refractivity contribution in [3.63, 3.8) is 0 Å². The fourth-order valence-electron chi connectivity index (χ4n) is 2.75. The smallest absolute Gasteiger partial charge is 0.105 e. The van der Waals surface area contributed by atoms with Crippen LogP contribution in [0.25, 0.3) is 0 Å². The third kappa shape index (κ3) is 3.56. The maximum atomic E-state index is 5.61. The molecule has 0 aliphatic rings. The third-order valence-electron chi connectivity index (χ3n) is 3.76. The molecule has 2 rings (SSSR count). The van der Waals surface area contributed by atoms with E-state index in [1.807, 2.05) is 25.6 Å². The van der Waals surface area contributed by atoms with Crippen molar-refractivity contribution in [1.82, 2.24) is 15.1 Å². The summed E-state index contributed by atoms with van der Waals surface area (Å²) < 4.78 is 7.51. The molecule has 116 valence electrons. The zero-order valence-electron chi connectivity index (χ0n) is 14.2. The van der Waals surface area contributed by atoms with Crippen LogP contribution in [0.3, 0.4) is 0 Å². The van der Waals surface area contributed by atoms with Gasteiger partial charge in [0.1, 0.15) is 11.5 Å². The molecule has 1 unspecified atom stereocenters. The van der Waals surface area contributed by atoms with E-state index < -0.39 is 0 Å². The molecule has 0 radical (unpaired) electrons. The zero-order valence-corrected chi connectivity index (χ0v) is 14.2. The molecule has 21 heavy (non-hydrogen) atoms. The zero-order chi connectivity index (χ0) is 15.8. The average Bonchev–Trinajstić information content (AvgIpc) is 2.88. The minimum atomic E-state index is 0.0592. The number of aromatic nitrogens is 2. The summed E-state index contributed by atoms with van der Waals surface area (Å²) in [5, 5.41) is 8.19. The molecule has 0 aliphatic carbocycles. The van der Waals surface area contributed by atoms with Gasteiger partial charge in [-0.05, 0) is 26.8 Å². The van der Waals surface area contributed by atoms with E-state index in [2.05, 4.69) is 50.4 Å². The highest BCUT2D eigenvalue weighted by Gasteiger charge is 2.22. The highest BCUT2D eigenvalue weighted by atomic mass is 16.3. The van der Waals surface area contributed by atoms with Crippen LogP contribution in [0.1, 0.15) is 62.1 Å². The van der Waals surface area contributed by atoms with E-state index >= 15 is 0 Å². The van der Waals surface area contributed by atoms with Gasteiger partial charge in [0.25, 0.3) is 0 Å². The van der Waals surface area contributed by atoms with Gasteiger partial charge in [0.05, 0.1) is 5.69 Å². The molecule has 2 aromatic rings. The summed E-state index contributed by atoms with van der Waals surface area (Å²) in [6, 6.07) is 2.37. The largest absolute Gasteiger partial charge is 0.466 e. The second kappa shape index (κ2) is 5.68. The molecular weight excluding hydrogens is 262 g/mol. The Morgan fingerprint density at radius 2 is 2.00 bits per heavy atom. The summed E-state index contributed by atoms with van der Waals surface area (Å²) in [5.74, 6) is 1.96. The molecule has 0 saturated heterocycles. The maximum Gasteiger partial charge on any atom is 0.105 e. The summed E-state index contributed by atoms with van der Waals surface area (Å²) in [6.07, 6.45) is 2.10. The Hall–Kier alpha value is -1.55. The quantitative estimate of drug-likeness (QED) is 0.931. The monoisotopic (exact) mass is 289 g/mol. The Morgan fingerprint density at radius 3 is 2.52 bits per heavy atom. The number of hydrogen-bond donors (Lipinski definition) is 1. The van der Waals surface area contributed by atoms with Crippen LogP contribution in [0.15, 0.2) is 16.7 Å². The molecule has 0 aromatic carbocycles. The van der Waals surface area contributed by atoms with Gasteiger partial charge in [-0.1, -0.05) is 20.8 Å². The molecule has 0 fully saturated rings. The van der Waals surface area contributed by atoms with E-state index in [1.54, 1.807) is 0 Å². The van der Waals surface area contributed by atoms with E-state index in [1.165, 1.54) is 11.1 Å². The fraction of sp³-hybridized carbons (Fsp3) is 0.588. The molecule has 2 aromatic heterocycles. The van der Waals surface area contributed by atoms with Gasteiger partial charge >= 0.3 is 0 Å². The lowest BCUT2D eigenvalue weighted by Crippen LogP contribution is -2.21. The van der Waals surface area contributed by atoms with Crippen molar-refractivity contribution >= 4 is 0 Å². The standard InChI is InChI=1S/C17H27N3O/c1-11-8-15(13(3)21-11)12(2)18-9-14-10-20(7)19-16(14)17(4,5)6/h8,10,12,18H,9H2,1-7H3. The first-order valence-corrected chi connectivity index (χ1v) is 7.52. The van der Waals surface area contributed by atoms with Crippen LogP contribution in [0.5, 0.6) is 0 Å². The summed E-state index contributed by atoms with van der Waals surface area (Å²) in [4.78, 5) is 0. The third-order valence-corrected chi connectivity index (χ3v) is 3.76. The summed E-state index contributed by atoms with van der Waals surface area (Å²) >= 11 is 0. The van der Waals surface area contributed by atoms with Gasteiger partial charge in [-0.25, -0.2) is 0 Å². The number of nitrogens with one attached hydrogen (secondary N) is 1. The Kier molecular flexibility index (Phi) is 4.28. The van der Waals surface area contributed by atoms with Crippen LogP contribution in [-0.4, -0.2) is 9.78 Å².